The predicted octanol–water partition coefficient (Wildman–Crippen LogP) is 1.01. The van der Waals surface area contributed by atoms with Crippen molar-refractivity contribution in [2.24, 2.45) is 0 Å². The molecule has 0 atom stereocenters. The second kappa shape index (κ2) is 6.53. The molecule has 2 rings (SSSR count). The molecule has 0 saturated heterocycles. The molecule has 0 fully saturated rings. The molecule has 0 aliphatic carbocycles. The summed E-state index contributed by atoms with van der Waals surface area (Å²) in [5, 5.41) is 2.55. The average molecular weight is 337 g/mol. The number of pyridine rings is 1. The molecule has 0 spiro atoms. The second-order valence-electron chi connectivity index (χ2n) is 4.66. The zero-order chi connectivity index (χ0) is 17.0. The number of carbonyl (C=O) groups is 1. The molecule has 1 aromatic heterocycles. The highest BCUT2D eigenvalue weighted by molar-refractivity contribution is 7.92. The Morgan fingerprint density at radius 2 is 2.00 bits per heavy atom. The number of anilines is 2. The number of carbonyl (C=O) groups excluding carboxylic acids is 1. The maximum absolute atomic E-state index is 12.1. The van der Waals surface area contributed by atoms with Crippen LogP contribution in [0, 0.1) is 0 Å². The van der Waals surface area contributed by atoms with Gasteiger partial charge in [-0.1, -0.05) is 0 Å². The summed E-state index contributed by atoms with van der Waals surface area (Å²) in [6.45, 7) is 0. The first-order valence-corrected chi connectivity index (χ1v) is 8.34. The van der Waals surface area contributed by atoms with Gasteiger partial charge < -0.3 is 15.0 Å². The number of methoxy groups -OCH3 is 1. The Morgan fingerprint density at radius 1 is 1.26 bits per heavy atom. The van der Waals surface area contributed by atoms with Crippen LogP contribution in [-0.4, -0.2) is 32.7 Å². The van der Waals surface area contributed by atoms with Gasteiger partial charge in [0.2, 0.25) is 10.0 Å². The van der Waals surface area contributed by atoms with E-state index in [1.54, 1.807) is 0 Å². The van der Waals surface area contributed by atoms with E-state index in [0.717, 1.165) is 6.26 Å². The quantitative estimate of drug-likeness (QED) is 0.752. The van der Waals surface area contributed by atoms with Crippen LogP contribution in [0.1, 0.15) is 10.4 Å². The van der Waals surface area contributed by atoms with Gasteiger partial charge in [-0.25, -0.2) is 8.42 Å². The lowest BCUT2D eigenvalue weighted by Crippen LogP contribution is -2.22. The van der Waals surface area contributed by atoms with Crippen molar-refractivity contribution in [3.8, 4) is 5.75 Å². The van der Waals surface area contributed by atoms with E-state index in [4.69, 9.17) is 4.74 Å². The monoisotopic (exact) mass is 337 g/mol. The van der Waals surface area contributed by atoms with Gasteiger partial charge in [0.25, 0.3) is 11.5 Å². The minimum Gasteiger partial charge on any atom is -0.494 e. The van der Waals surface area contributed by atoms with Crippen molar-refractivity contribution >= 4 is 27.3 Å². The molecule has 0 aliphatic rings. The van der Waals surface area contributed by atoms with Gasteiger partial charge in [-0.15, -0.1) is 0 Å². The molecule has 122 valence electrons. The molecule has 8 nitrogen and oxygen atoms in total. The summed E-state index contributed by atoms with van der Waals surface area (Å²) in [7, 11) is -2.09. The molecule has 2 aromatic rings. The third-order valence-corrected chi connectivity index (χ3v) is 3.41. The minimum atomic E-state index is -3.46. The summed E-state index contributed by atoms with van der Waals surface area (Å²) < 4.78 is 30.0. The Labute approximate surface area is 132 Å². The molecule has 0 aliphatic heterocycles. The summed E-state index contributed by atoms with van der Waals surface area (Å²) in [5.41, 5.74) is 0.0526. The van der Waals surface area contributed by atoms with E-state index in [2.05, 4.69) is 15.0 Å². The molecule has 0 unspecified atom stereocenters. The van der Waals surface area contributed by atoms with Gasteiger partial charge in [-0.3, -0.25) is 14.3 Å². The first-order valence-electron chi connectivity index (χ1n) is 6.45. The van der Waals surface area contributed by atoms with Crippen LogP contribution in [0.25, 0.3) is 0 Å². The molecule has 9 heteroatoms. The first-order chi connectivity index (χ1) is 10.8. The van der Waals surface area contributed by atoms with Crippen molar-refractivity contribution in [2.75, 3.05) is 23.4 Å². The van der Waals surface area contributed by atoms with Crippen LogP contribution >= 0.6 is 0 Å². The van der Waals surface area contributed by atoms with Crippen LogP contribution in [0.15, 0.2) is 41.3 Å². The zero-order valence-corrected chi connectivity index (χ0v) is 13.2. The molecule has 1 aromatic carbocycles. The maximum Gasteiger partial charge on any atom is 0.261 e. The topological polar surface area (TPSA) is 117 Å². The summed E-state index contributed by atoms with van der Waals surface area (Å²) in [6.07, 6.45) is 2.44. The Balaban J connectivity index is 2.26. The van der Waals surface area contributed by atoms with Crippen molar-refractivity contribution in [3.63, 3.8) is 0 Å². The summed E-state index contributed by atoms with van der Waals surface area (Å²) in [4.78, 5) is 26.0. The fourth-order valence-electron chi connectivity index (χ4n) is 1.85. The van der Waals surface area contributed by atoms with E-state index in [1.165, 1.54) is 43.6 Å². The molecule has 1 amide bonds. The summed E-state index contributed by atoms with van der Waals surface area (Å²) in [5.74, 6) is -0.354. The second-order valence-corrected chi connectivity index (χ2v) is 6.40. The number of hydrogen-bond acceptors (Lipinski definition) is 5. The number of benzene rings is 1. The highest BCUT2D eigenvalue weighted by atomic mass is 32.2. The Bertz CT molecular complexity index is 889. The number of amides is 1. The Kier molecular flexibility index (Phi) is 4.70. The highest BCUT2D eigenvalue weighted by Crippen LogP contribution is 2.28. The molecule has 1 heterocycles. The lowest BCUT2D eigenvalue weighted by molar-refractivity contribution is 0.102. The number of sulfonamides is 1. The number of aromatic nitrogens is 1. The molecular formula is C14H15N3O5S. The van der Waals surface area contributed by atoms with Crippen molar-refractivity contribution in [2.45, 2.75) is 0 Å². The van der Waals surface area contributed by atoms with Crippen LogP contribution in [0.4, 0.5) is 11.4 Å². The number of nitrogens with one attached hydrogen (secondary N) is 3. The maximum atomic E-state index is 12.1. The molecule has 0 saturated carbocycles. The fraction of sp³-hybridized carbons (Fsp3) is 0.143. The molecule has 3 N–H and O–H groups in total. The van der Waals surface area contributed by atoms with E-state index in [0.29, 0.717) is 5.69 Å². The van der Waals surface area contributed by atoms with Gasteiger partial charge in [0.1, 0.15) is 11.3 Å². The van der Waals surface area contributed by atoms with E-state index >= 15 is 0 Å². The number of aromatic amines is 1. The fourth-order valence-corrected chi connectivity index (χ4v) is 2.42. The van der Waals surface area contributed by atoms with Gasteiger partial charge in [0.15, 0.2) is 0 Å². The third kappa shape index (κ3) is 4.33. The van der Waals surface area contributed by atoms with E-state index < -0.39 is 21.5 Å². The number of ether oxygens (including phenoxy) is 1. The van der Waals surface area contributed by atoms with Gasteiger partial charge in [-0.05, 0) is 24.3 Å². The van der Waals surface area contributed by atoms with E-state index in [9.17, 15) is 18.0 Å². The number of hydrogen-bond donors (Lipinski definition) is 3. The predicted molar refractivity (Wildman–Crippen MR) is 86.5 cm³/mol. The van der Waals surface area contributed by atoms with Crippen LogP contribution in [0.3, 0.4) is 0 Å². The van der Waals surface area contributed by atoms with Crippen LogP contribution in [0.2, 0.25) is 0 Å². The van der Waals surface area contributed by atoms with Crippen molar-refractivity contribution in [1.82, 2.24) is 4.98 Å². The third-order valence-electron chi connectivity index (χ3n) is 2.82. The largest absolute Gasteiger partial charge is 0.494 e. The highest BCUT2D eigenvalue weighted by Gasteiger charge is 2.13. The van der Waals surface area contributed by atoms with Crippen molar-refractivity contribution < 1.29 is 17.9 Å². The van der Waals surface area contributed by atoms with Gasteiger partial charge in [0, 0.05) is 18.0 Å². The Hall–Kier alpha value is -2.81. The van der Waals surface area contributed by atoms with Crippen LogP contribution in [0.5, 0.6) is 5.75 Å². The van der Waals surface area contributed by atoms with E-state index in [1.807, 2.05) is 0 Å². The summed E-state index contributed by atoms with van der Waals surface area (Å²) in [6, 6.07) is 7.32. The van der Waals surface area contributed by atoms with Crippen LogP contribution < -0.4 is 20.3 Å². The zero-order valence-electron chi connectivity index (χ0n) is 12.4. The van der Waals surface area contributed by atoms with Crippen LogP contribution in [-0.2, 0) is 10.0 Å². The normalized spacial score (nSPS) is 10.9. The van der Waals surface area contributed by atoms with Crippen molar-refractivity contribution in [1.29, 1.82) is 0 Å². The standard InChI is InChI=1S/C14H15N3O5S/c1-22-12-8-9(5-6-11(12)17-23(2,20)21)16-14(19)10-4-3-7-15-13(10)18/h3-8,17H,1-2H3,(H,15,18)(H,16,19). The first kappa shape index (κ1) is 16.6. The average Bonchev–Trinajstić information content (AvgIpc) is 2.47. The molecule has 0 bridgehead atoms. The summed E-state index contributed by atoms with van der Waals surface area (Å²) >= 11 is 0. The Morgan fingerprint density at radius 3 is 2.61 bits per heavy atom. The van der Waals surface area contributed by atoms with Crippen molar-refractivity contribution in [3.05, 3.63) is 52.4 Å². The van der Waals surface area contributed by atoms with Gasteiger partial charge >= 0.3 is 0 Å². The number of rotatable bonds is 5. The van der Waals surface area contributed by atoms with Gasteiger partial charge in [-0.2, -0.15) is 0 Å². The SMILES string of the molecule is COc1cc(NC(=O)c2ccc[nH]c2=O)ccc1NS(C)(=O)=O. The molecular weight excluding hydrogens is 322 g/mol. The van der Waals surface area contributed by atoms with Gasteiger partial charge in [0.05, 0.1) is 19.1 Å². The van der Waals surface area contributed by atoms with E-state index in [-0.39, 0.29) is 17.0 Å². The lowest BCUT2D eigenvalue weighted by Gasteiger charge is -2.12. The lowest BCUT2D eigenvalue weighted by atomic mass is 10.2. The smallest absolute Gasteiger partial charge is 0.261 e. The molecule has 0 radical (unpaired) electrons. The minimum absolute atomic E-state index is 0.0372. The number of H-pyrrole nitrogens is 1. The molecule has 23 heavy (non-hydrogen) atoms.